The van der Waals surface area contributed by atoms with Gasteiger partial charge in [-0.15, -0.1) is 5.10 Å². The van der Waals surface area contributed by atoms with Crippen LogP contribution in [0.2, 0.25) is 0 Å². The third-order valence-electron chi connectivity index (χ3n) is 3.27. The Balaban J connectivity index is 1.80. The second kappa shape index (κ2) is 5.84. The molecule has 0 aliphatic rings. The van der Waals surface area contributed by atoms with Crippen molar-refractivity contribution >= 4 is 23.3 Å². The molecule has 0 saturated carbocycles. The molecule has 3 aromatic rings. The number of carbonyl (C=O) groups is 2. The smallest absolute Gasteiger partial charge is 0.295 e. The van der Waals surface area contributed by atoms with Crippen molar-refractivity contribution in [2.24, 2.45) is 0 Å². The molecule has 116 valence electrons. The molecule has 0 aliphatic carbocycles. The van der Waals surface area contributed by atoms with Gasteiger partial charge in [0.05, 0.1) is 0 Å². The Bertz CT molecular complexity index is 885. The molecule has 0 aliphatic heterocycles. The Morgan fingerprint density at radius 2 is 1.83 bits per heavy atom. The Morgan fingerprint density at radius 1 is 1.09 bits per heavy atom. The van der Waals surface area contributed by atoms with Gasteiger partial charge in [0.15, 0.2) is 0 Å². The zero-order valence-electron chi connectivity index (χ0n) is 12.6. The summed E-state index contributed by atoms with van der Waals surface area (Å²) in [4.78, 5) is 31.8. The number of nitrogens with zero attached hydrogens (tertiary/aromatic N) is 4. The first-order chi connectivity index (χ1) is 11.1. The lowest BCUT2D eigenvalue weighted by atomic mass is 10.2. The fourth-order valence-electron chi connectivity index (χ4n) is 2.04. The van der Waals surface area contributed by atoms with Crippen LogP contribution in [0.5, 0.6) is 0 Å². The van der Waals surface area contributed by atoms with Gasteiger partial charge in [0.1, 0.15) is 0 Å². The number of hydrogen-bond donors (Lipinski definition) is 2. The van der Waals surface area contributed by atoms with Crippen molar-refractivity contribution in [1.82, 2.24) is 24.9 Å². The second-order valence-electron chi connectivity index (χ2n) is 4.84. The molecule has 8 heteroatoms. The maximum atomic E-state index is 12.2. The number of fused-ring (bicyclic) bond motifs is 1. The van der Waals surface area contributed by atoms with Gasteiger partial charge in [-0.05, 0) is 37.3 Å². The van der Waals surface area contributed by atoms with Gasteiger partial charge < -0.3 is 10.6 Å². The maximum absolute atomic E-state index is 12.2. The van der Waals surface area contributed by atoms with Crippen molar-refractivity contribution in [3.63, 3.8) is 0 Å². The molecule has 2 amide bonds. The van der Waals surface area contributed by atoms with Crippen molar-refractivity contribution in [2.45, 2.75) is 6.92 Å². The topological polar surface area (TPSA) is 101 Å². The van der Waals surface area contributed by atoms with Crippen LogP contribution in [0.1, 0.15) is 26.7 Å². The van der Waals surface area contributed by atoms with E-state index in [1.54, 1.807) is 43.6 Å². The Labute approximate surface area is 131 Å². The van der Waals surface area contributed by atoms with Crippen molar-refractivity contribution in [3.05, 3.63) is 53.6 Å². The predicted octanol–water partition coefficient (Wildman–Crippen LogP) is 1.04. The normalized spacial score (nSPS) is 10.5. The zero-order chi connectivity index (χ0) is 16.4. The third kappa shape index (κ3) is 2.86. The van der Waals surface area contributed by atoms with Gasteiger partial charge in [0, 0.05) is 30.2 Å². The summed E-state index contributed by atoms with van der Waals surface area (Å²) in [6, 6.07) is 8.30. The van der Waals surface area contributed by atoms with Crippen molar-refractivity contribution < 1.29 is 9.59 Å². The van der Waals surface area contributed by atoms with E-state index in [4.69, 9.17) is 0 Å². The van der Waals surface area contributed by atoms with Gasteiger partial charge in [0.25, 0.3) is 17.6 Å². The van der Waals surface area contributed by atoms with Gasteiger partial charge in [-0.3, -0.25) is 9.59 Å². The number of benzene rings is 1. The molecule has 2 aromatic heterocycles. The number of hydrogen-bond acceptors (Lipinski definition) is 5. The highest BCUT2D eigenvalue weighted by molar-refractivity contribution is 6.02. The van der Waals surface area contributed by atoms with Crippen LogP contribution in [0, 0.1) is 6.92 Å². The summed E-state index contributed by atoms with van der Waals surface area (Å²) in [5.74, 6) is -0.235. The standard InChI is InChI=1S/C15H14N6O2/c1-9-7-8-17-15-19-12(20-21(9)15)14(23)18-11-5-3-10(4-6-11)13(22)16-2/h3-8H,1-2H3,(H,16,22)(H,18,23). The summed E-state index contributed by atoms with van der Waals surface area (Å²) in [5.41, 5.74) is 1.89. The van der Waals surface area contributed by atoms with E-state index < -0.39 is 5.91 Å². The summed E-state index contributed by atoms with van der Waals surface area (Å²) in [5, 5.41) is 9.35. The fraction of sp³-hybridized carbons (Fsp3) is 0.133. The van der Waals surface area contributed by atoms with Crippen LogP contribution < -0.4 is 10.6 Å². The number of carbonyl (C=O) groups excluding carboxylic acids is 2. The van der Waals surface area contributed by atoms with Crippen LogP contribution >= 0.6 is 0 Å². The minimum absolute atomic E-state index is 0.0298. The molecule has 2 heterocycles. The molecule has 0 atom stereocenters. The first kappa shape index (κ1) is 14.6. The van der Waals surface area contributed by atoms with Crippen LogP contribution in [0.4, 0.5) is 5.69 Å². The number of aromatic nitrogens is 4. The molecule has 0 spiro atoms. The highest BCUT2D eigenvalue weighted by Gasteiger charge is 2.14. The molecule has 8 nitrogen and oxygen atoms in total. The van der Waals surface area contributed by atoms with Gasteiger partial charge in [-0.25, -0.2) is 9.50 Å². The molecule has 3 rings (SSSR count). The lowest BCUT2D eigenvalue weighted by Crippen LogP contribution is -2.18. The minimum Gasteiger partial charge on any atom is -0.355 e. The molecular weight excluding hydrogens is 296 g/mol. The maximum Gasteiger partial charge on any atom is 0.295 e. The monoisotopic (exact) mass is 310 g/mol. The lowest BCUT2D eigenvalue weighted by Gasteiger charge is -2.04. The first-order valence-corrected chi connectivity index (χ1v) is 6.90. The van der Waals surface area contributed by atoms with Gasteiger partial charge >= 0.3 is 0 Å². The van der Waals surface area contributed by atoms with Gasteiger partial charge in [-0.1, -0.05) is 0 Å². The van der Waals surface area contributed by atoms with Crippen molar-refractivity contribution in [2.75, 3.05) is 12.4 Å². The summed E-state index contributed by atoms with van der Waals surface area (Å²) >= 11 is 0. The molecular formula is C15H14N6O2. The number of nitrogens with one attached hydrogen (secondary N) is 2. The van der Waals surface area contributed by atoms with Crippen LogP contribution in [-0.4, -0.2) is 38.4 Å². The Morgan fingerprint density at radius 3 is 2.48 bits per heavy atom. The Kier molecular flexibility index (Phi) is 3.71. The van der Waals surface area contributed by atoms with Gasteiger partial charge in [-0.2, -0.15) is 4.98 Å². The minimum atomic E-state index is -0.442. The largest absolute Gasteiger partial charge is 0.355 e. The van der Waals surface area contributed by atoms with Crippen molar-refractivity contribution in [1.29, 1.82) is 0 Å². The SMILES string of the molecule is CNC(=O)c1ccc(NC(=O)c2nc3nccc(C)n3n2)cc1. The summed E-state index contributed by atoms with van der Waals surface area (Å²) in [6.45, 7) is 1.85. The molecule has 0 fully saturated rings. The fourth-order valence-corrected chi connectivity index (χ4v) is 2.04. The van der Waals surface area contributed by atoms with E-state index in [9.17, 15) is 9.59 Å². The van der Waals surface area contributed by atoms with Crippen molar-refractivity contribution in [3.8, 4) is 0 Å². The van der Waals surface area contributed by atoms with Crippen LogP contribution in [0.15, 0.2) is 36.5 Å². The molecule has 1 aromatic carbocycles. The molecule has 0 unspecified atom stereocenters. The first-order valence-electron chi connectivity index (χ1n) is 6.90. The predicted molar refractivity (Wildman–Crippen MR) is 83.3 cm³/mol. The average Bonchev–Trinajstić information content (AvgIpc) is 3.00. The van der Waals surface area contributed by atoms with Crippen LogP contribution in [-0.2, 0) is 0 Å². The lowest BCUT2D eigenvalue weighted by molar-refractivity contribution is 0.0962. The van der Waals surface area contributed by atoms with E-state index in [0.717, 1.165) is 5.69 Å². The molecule has 23 heavy (non-hydrogen) atoms. The van der Waals surface area contributed by atoms with E-state index >= 15 is 0 Å². The van der Waals surface area contributed by atoms with Crippen LogP contribution in [0.25, 0.3) is 5.78 Å². The highest BCUT2D eigenvalue weighted by Crippen LogP contribution is 2.11. The van der Waals surface area contributed by atoms with E-state index in [1.165, 1.54) is 4.52 Å². The van der Waals surface area contributed by atoms with E-state index in [1.807, 2.05) is 6.92 Å². The second-order valence-corrected chi connectivity index (χ2v) is 4.84. The number of aryl methyl sites for hydroxylation is 1. The molecule has 2 N–H and O–H groups in total. The Hall–Kier alpha value is -3.29. The van der Waals surface area contributed by atoms with E-state index in [-0.39, 0.29) is 11.7 Å². The summed E-state index contributed by atoms with van der Waals surface area (Å²) in [7, 11) is 1.56. The summed E-state index contributed by atoms with van der Waals surface area (Å²) in [6.07, 6.45) is 1.61. The zero-order valence-corrected chi connectivity index (χ0v) is 12.6. The molecule has 0 bridgehead atoms. The number of anilines is 1. The number of rotatable bonds is 3. The van der Waals surface area contributed by atoms with E-state index in [0.29, 0.717) is 17.0 Å². The average molecular weight is 310 g/mol. The molecule has 0 saturated heterocycles. The highest BCUT2D eigenvalue weighted by atomic mass is 16.2. The van der Waals surface area contributed by atoms with Crippen LogP contribution in [0.3, 0.4) is 0 Å². The number of amides is 2. The van der Waals surface area contributed by atoms with E-state index in [2.05, 4.69) is 25.7 Å². The van der Waals surface area contributed by atoms with Gasteiger partial charge in [0.2, 0.25) is 5.82 Å². The molecule has 0 radical (unpaired) electrons. The summed E-state index contributed by atoms with van der Waals surface area (Å²) < 4.78 is 1.50. The third-order valence-corrected chi connectivity index (χ3v) is 3.27. The quantitative estimate of drug-likeness (QED) is 0.753.